The Kier molecular flexibility index (Phi) is 3.91. The van der Waals surface area contributed by atoms with E-state index < -0.39 is 23.8 Å². The third-order valence-electron chi connectivity index (χ3n) is 2.12. The van der Waals surface area contributed by atoms with Crippen LogP contribution < -0.4 is 0 Å². The monoisotopic (exact) mass is 230 g/mol. The smallest absolute Gasteiger partial charge is 0.335 e. The summed E-state index contributed by atoms with van der Waals surface area (Å²) in [5.74, 6) is -0.766. The van der Waals surface area contributed by atoms with Crippen molar-refractivity contribution in [3.63, 3.8) is 0 Å². The minimum Gasteiger partial charge on any atom is -0.460 e. The fraction of sp³-hybridized carbons (Fsp3) is 0.818. The Hall–Kier alpha value is -1.10. The molecule has 0 radical (unpaired) electrons. The van der Waals surface area contributed by atoms with E-state index in [1.807, 2.05) is 0 Å². The molecule has 0 unspecified atom stereocenters. The number of methoxy groups -OCH3 is 1. The molecular weight excluding hydrogens is 212 g/mol. The maximum atomic E-state index is 11.5. The Balaban J connectivity index is 2.39. The lowest BCUT2D eigenvalue weighted by Gasteiger charge is -2.20. The molecule has 0 N–H and O–H groups in total. The van der Waals surface area contributed by atoms with Crippen molar-refractivity contribution in [2.24, 2.45) is 0 Å². The molecule has 0 amide bonds. The largest absolute Gasteiger partial charge is 0.460 e. The highest BCUT2D eigenvalue weighted by atomic mass is 16.6. The summed E-state index contributed by atoms with van der Waals surface area (Å²) in [5.41, 5.74) is -0.514. The van der Waals surface area contributed by atoms with Crippen molar-refractivity contribution >= 4 is 11.9 Å². The Bertz CT molecular complexity index is 279. The van der Waals surface area contributed by atoms with Crippen molar-refractivity contribution in [3.05, 3.63) is 0 Å². The highest BCUT2D eigenvalue weighted by Gasteiger charge is 2.36. The summed E-state index contributed by atoms with van der Waals surface area (Å²) < 4.78 is 15.0. The van der Waals surface area contributed by atoms with Gasteiger partial charge in [-0.1, -0.05) is 0 Å². The molecule has 1 fully saturated rings. The molecule has 0 aromatic carbocycles. The van der Waals surface area contributed by atoms with Crippen LogP contribution in [-0.2, 0) is 23.8 Å². The van der Waals surface area contributed by atoms with E-state index >= 15 is 0 Å². The first-order valence-corrected chi connectivity index (χ1v) is 5.27. The third kappa shape index (κ3) is 3.81. The van der Waals surface area contributed by atoms with Crippen molar-refractivity contribution in [2.75, 3.05) is 7.11 Å². The molecule has 1 saturated heterocycles. The fourth-order valence-electron chi connectivity index (χ4n) is 1.51. The van der Waals surface area contributed by atoms with Gasteiger partial charge in [-0.15, -0.1) is 0 Å². The molecule has 5 heteroatoms. The van der Waals surface area contributed by atoms with E-state index in [9.17, 15) is 9.59 Å². The van der Waals surface area contributed by atoms with Crippen LogP contribution in [0.2, 0.25) is 0 Å². The van der Waals surface area contributed by atoms with Crippen molar-refractivity contribution in [1.29, 1.82) is 0 Å². The van der Waals surface area contributed by atoms with Gasteiger partial charge in [-0.05, 0) is 20.8 Å². The number of hydrogen-bond acceptors (Lipinski definition) is 5. The van der Waals surface area contributed by atoms with Gasteiger partial charge in [-0.25, -0.2) is 4.79 Å². The molecule has 2 atom stereocenters. The second-order valence-electron chi connectivity index (χ2n) is 4.81. The standard InChI is InChI=1S/C11H18O5/c1-11(2,3)16-9(12)6-7-5-8(14-4)10(13)15-7/h7-8H,5-6H2,1-4H3/t7-,8+/m0/s1. The van der Waals surface area contributed by atoms with Crippen LogP contribution in [0, 0.1) is 0 Å². The van der Waals surface area contributed by atoms with Gasteiger partial charge in [0.2, 0.25) is 0 Å². The lowest BCUT2D eigenvalue weighted by Crippen LogP contribution is -2.26. The lowest BCUT2D eigenvalue weighted by molar-refractivity contribution is -0.159. The van der Waals surface area contributed by atoms with Gasteiger partial charge in [0.1, 0.15) is 11.7 Å². The average Bonchev–Trinajstić information content (AvgIpc) is 2.42. The fourth-order valence-corrected chi connectivity index (χ4v) is 1.51. The second-order valence-corrected chi connectivity index (χ2v) is 4.81. The van der Waals surface area contributed by atoms with E-state index in [-0.39, 0.29) is 12.4 Å². The van der Waals surface area contributed by atoms with Crippen molar-refractivity contribution in [1.82, 2.24) is 0 Å². The van der Waals surface area contributed by atoms with Gasteiger partial charge in [0.25, 0.3) is 0 Å². The van der Waals surface area contributed by atoms with Crippen LogP contribution >= 0.6 is 0 Å². The van der Waals surface area contributed by atoms with E-state index in [0.29, 0.717) is 6.42 Å². The maximum Gasteiger partial charge on any atom is 0.335 e. The highest BCUT2D eigenvalue weighted by molar-refractivity contribution is 5.78. The number of rotatable bonds is 3. The van der Waals surface area contributed by atoms with E-state index in [2.05, 4.69) is 0 Å². The number of hydrogen-bond donors (Lipinski definition) is 0. The quantitative estimate of drug-likeness (QED) is 0.678. The minimum atomic E-state index is -0.549. The van der Waals surface area contributed by atoms with Crippen LogP contribution in [0.15, 0.2) is 0 Å². The first-order valence-electron chi connectivity index (χ1n) is 5.27. The minimum absolute atomic E-state index is 0.0862. The Morgan fingerprint density at radius 1 is 1.50 bits per heavy atom. The molecule has 5 nitrogen and oxygen atoms in total. The average molecular weight is 230 g/mol. The van der Waals surface area contributed by atoms with E-state index in [1.54, 1.807) is 20.8 Å². The molecule has 1 aliphatic heterocycles. The van der Waals surface area contributed by atoms with Gasteiger partial charge in [-0.3, -0.25) is 4.79 Å². The number of esters is 2. The third-order valence-corrected chi connectivity index (χ3v) is 2.12. The summed E-state index contributed by atoms with van der Waals surface area (Å²) in [6.07, 6.45) is -0.475. The van der Waals surface area contributed by atoms with Crippen LogP contribution in [-0.4, -0.2) is 36.9 Å². The van der Waals surface area contributed by atoms with Crippen LogP contribution in [0.5, 0.6) is 0 Å². The number of ether oxygens (including phenoxy) is 3. The summed E-state index contributed by atoms with van der Waals surface area (Å²) in [5, 5.41) is 0. The molecule has 1 heterocycles. The maximum absolute atomic E-state index is 11.5. The molecule has 0 aromatic rings. The number of carbonyl (C=O) groups excluding carboxylic acids is 2. The first kappa shape index (κ1) is 13.0. The zero-order valence-electron chi connectivity index (χ0n) is 10.1. The summed E-state index contributed by atoms with van der Waals surface area (Å²) in [4.78, 5) is 22.6. The van der Waals surface area contributed by atoms with Crippen LogP contribution in [0.1, 0.15) is 33.6 Å². The van der Waals surface area contributed by atoms with E-state index in [4.69, 9.17) is 14.2 Å². The van der Waals surface area contributed by atoms with Crippen LogP contribution in [0.4, 0.5) is 0 Å². The SMILES string of the molecule is CO[C@@H]1C[C@@H](CC(=O)OC(C)(C)C)OC1=O. The Morgan fingerprint density at radius 3 is 2.56 bits per heavy atom. The molecule has 0 saturated carbocycles. The zero-order valence-corrected chi connectivity index (χ0v) is 10.1. The molecule has 0 aliphatic carbocycles. The Morgan fingerprint density at radius 2 is 2.12 bits per heavy atom. The van der Waals surface area contributed by atoms with Gasteiger partial charge < -0.3 is 14.2 Å². The number of cyclic esters (lactones) is 1. The molecule has 16 heavy (non-hydrogen) atoms. The lowest BCUT2D eigenvalue weighted by atomic mass is 10.1. The Labute approximate surface area is 95.0 Å². The molecule has 92 valence electrons. The second kappa shape index (κ2) is 4.82. The summed E-state index contributed by atoms with van der Waals surface area (Å²) in [6, 6.07) is 0. The van der Waals surface area contributed by atoms with Crippen LogP contribution in [0.3, 0.4) is 0 Å². The van der Waals surface area contributed by atoms with Crippen molar-refractivity contribution in [2.45, 2.75) is 51.4 Å². The van der Waals surface area contributed by atoms with Gasteiger partial charge in [0, 0.05) is 13.5 Å². The van der Waals surface area contributed by atoms with Gasteiger partial charge in [0.15, 0.2) is 6.10 Å². The number of carbonyl (C=O) groups is 2. The van der Waals surface area contributed by atoms with E-state index in [1.165, 1.54) is 7.11 Å². The van der Waals surface area contributed by atoms with Gasteiger partial charge in [0.05, 0.1) is 6.42 Å². The normalized spacial score (nSPS) is 25.4. The first-order chi connectivity index (χ1) is 7.31. The van der Waals surface area contributed by atoms with E-state index in [0.717, 1.165) is 0 Å². The molecule has 0 bridgehead atoms. The summed E-state index contributed by atoms with van der Waals surface area (Å²) in [7, 11) is 1.45. The highest BCUT2D eigenvalue weighted by Crippen LogP contribution is 2.21. The molecule has 1 rings (SSSR count). The van der Waals surface area contributed by atoms with Gasteiger partial charge in [-0.2, -0.15) is 0 Å². The predicted octanol–water partition coefficient (Wildman–Crippen LogP) is 1.05. The summed E-state index contributed by atoms with van der Waals surface area (Å²) >= 11 is 0. The molecule has 0 spiro atoms. The predicted molar refractivity (Wildman–Crippen MR) is 55.8 cm³/mol. The molecule has 1 aliphatic rings. The summed E-state index contributed by atoms with van der Waals surface area (Å²) in [6.45, 7) is 5.39. The molecule has 0 aromatic heterocycles. The van der Waals surface area contributed by atoms with Crippen molar-refractivity contribution in [3.8, 4) is 0 Å². The topological polar surface area (TPSA) is 61.8 Å². The van der Waals surface area contributed by atoms with Gasteiger partial charge >= 0.3 is 11.9 Å². The van der Waals surface area contributed by atoms with Crippen LogP contribution in [0.25, 0.3) is 0 Å². The zero-order chi connectivity index (χ0) is 12.3. The van der Waals surface area contributed by atoms with Crippen molar-refractivity contribution < 1.29 is 23.8 Å². The molecular formula is C11H18O5.